The third-order valence-corrected chi connectivity index (χ3v) is 4.79. The Morgan fingerprint density at radius 2 is 2.17 bits per heavy atom. The number of aliphatic carboxylic acids is 1. The smallest absolute Gasteiger partial charge is 0.329 e. The van der Waals surface area contributed by atoms with Crippen LogP contribution in [-0.4, -0.2) is 46.2 Å². The van der Waals surface area contributed by atoms with E-state index < -0.39 is 11.5 Å². The van der Waals surface area contributed by atoms with Gasteiger partial charge in [0.15, 0.2) is 0 Å². The van der Waals surface area contributed by atoms with Crippen molar-refractivity contribution in [3.63, 3.8) is 0 Å². The molecule has 4 unspecified atom stereocenters. The highest BCUT2D eigenvalue weighted by atomic mass is 16.5. The second-order valence-corrected chi connectivity index (χ2v) is 5.89. The number of carbonyl (C=O) groups excluding carboxylic acids is 1. The monoisotopic (exact) mass is 253 g/mol. The molecule has 100 valence electrons. The third kappa shape index (κ3) is 1.56. The van der Waals surface area contributed by atoms with Gasteiger partial charge in [-0.15, -0.1) is 0 Å². The van der Waals surface area contributed by atoms with Crippen molar-refractivity contribution in [1.82, 2.24) is 4.90 Å². The molecule has 5 heteroatoms. The van der Waals surface area contributed by atoms with Crippen LogP contribution in [0.1, 0.15) is 39.0 Å². The molecule has 5 nitrogen and oxygen atoms in total. The zero-order chi connectivity index (χ0) is 12.9. The van der Waals surface area contributed by atoms with Gasteiger partial charge in [-0.05, 0) is 39.0 Å². The molecule has 3 heterocycles. The Hall–Kier alpha value is -1.10. The number of fused-ring (bicyclic) bond motifs is 2. The van der Waals surface area contributed by atoms with Crippen molar-refractivity contribution in [2.45, 2.75) is 56.8 Å². The van der Waals surface area contributed by atoms with Crippen LogP contribution >= 0.6 is 0 Å². The number of hydrogen-bond donors (Lipinski definition) is 1. The lowest BCUT2D eigenvalue weighted by Crippen LogP contribution is -2.53. The Kier molecular flexibility index (Phi) is 2.62. The summed E-state index contributed by atoms with van der Waals surface area (Å²) in [5, 5.41) is 9.34. The lowest BCUT2D eigenvalue weighted by atomic mass is 9.87. The number of ether oxygens (including phenoxy) is 1. The van der Waals surface area contributed by atoms with Gasteiger partial charge in [0.25, 0.3) is 0 Å². The van der Waals surface area contributed by atoms with Crippen LogP contribution < -0.4 is 0 Å². The number of hydrogen-bond acceptors (Lipinski definition) is 3. The first-order valence-electron chi connectivity index (χ1n) is 6.73. The van der Waals surface area contributed by atoms with Gasteiger partial charge in [-0.3, -0.25) is 4.79 Å². The van der Waals surface area contributed by atoms with Gasteiger partial charge in [0, 0.05) is 6.54 Å². The van der Waals surface area contributed by atoms with Gasteiger partial charge in [-0.1, -0.05) is 0 Å². The fourth-order valence-corrected chi connectivity index (χ4v) is 3.64. The highest BCUT2D eigenvalue weighted by molar-refractivity contribution is 5.89. The van der Waals surface area contributed by atoms with E-state index in [-0.39, 0.29) is 24.0 Å². The van der Waals surface area contributed by atoms with E-state index in [1.807, 2.05) is 0 Å². The molecule has 0 aliphatic carbocycles. The minimum atomic E-state index is -1.01. The number of carboxylic acid groups (broad SMARTS) is 1. The molecule has 0 aromatic rings. The fraction of sp³-hybridized carbons (Fsp3) is 0.846. The maximum Gasteiger partial charge on any atom is 0.329 e. The first kappa shape index (κ1) is 12.0. The Balaban J connectivity index is 1.78. The summed E-state index contributed by atoms with van der Waals surface area (Å²) < 4.78 is 5.70. The molecule has 0 aromatic heterocycles. The maximum atomic E-state index is 12.5. The van der Waals surface area contributed by atoms with E-state index in [0.29, 0.717) is 13.0 Å². The lowest BCUT2D eigenvalue weighted by Gasteiger charge is -2.34. The molecule has 4 atom stereocenters. The van der Waals surface area contributed by atoms with Crippen molar-refractivity contribution in [1.29, 1.82) is 0 Å². The number of carbonyl (C=O) groups is 2. The first-order valence-corrected chi connectivity index (χ1v) is 6.73. The zero-order valence-electron chi connectivity index (χ0n) is 10.6. The summed E-state index contributed by atoms with van der Waals surface area (Å²) >= 11 is 0. The van der Waals surface area contributed by atoms with E-state index in [1.54, 1.807) is 11.8 Å². The van der Waals surface area contributed by atoms with Crippen LogP contribution in [0.25, 0.3) is 0 Å². The van der Waals surface area contributed by atoms with Crippen molar-refractivity contribution in [2.75, 3.05) is 6.54 Å². The summed E-state index contributed by atoms with van der Waals surface area (Å²) in [6.07, 6.45) is 4.34. The molecular formula is C13H19NO4. The van der Waals surface area contributed by atoms with E-state index in [9.17, 15) is 14.7 Å². The molecule has 3 saturated heterocycles. The fourth-order valence-electron chi connectivity index (χ4n) is 3.64. The van der Waals surface area contributed by atoms with Gasteiger partial charge >= 0.3 is 5.97 Å². The van der Waals surface area contributed by atoms with E-state index in [1.165, 1.54) is 0 Å². The van der Waals surface area contributed by atoms with Crippen molar-refractivity contribution in [3.05, 3.63) is 0 Å². The average molecular weight is 253 g/mol. The highest BCUT2D eigenvalue weighted by Gasteiger charge is 2.52. The molecule has 3 aliphatic rings. The SMILES string of the molecule is CC1(C(=O)O)CCCN1C(=O)C1CC2CCC1O2. The van der Waals surface area contributed by atoms with Crippen LogP contribution in [-0.2, 0) is 14.3 Å². The molecule has 0 saturated carbocycles. The van der Waals surface area contributed by atoms with E-state index in [4.69, 9.17) is 4.74 Å². The average Bonchev–Trinajstić information content (AvgIpc) is 3.02. The number of nitrogens with zero attached hydrogens (tertiary/aromatic N) is 1. The number of carboxylic acids is 1. The van der Waals surface area contributed by atoms with Gasteiger partial charge < -0.3 is 14.7 Å². The van der Waals surface area contributed by atoms with Crippen LogP contribution in [0, 0.1) is 5.92 Å². The van der Waals surface area contributed by atoms with Crippen molar-refractivity contribution < 1.29 is 19.4 Å². The van der Waals surface area contributed by atoms with E-state index in [0.717, 1.165) is 25.7 Å². The summed E-state index contributed by atoms with van der Waals surface area (Å²) in [4.78, 5) is 25.5. The molecule has 0 spiro atoms. The summed E-state index contributed by atoms with van der Waals surface area (Å²) in [6.45, 7) is 2.23. The zero-order valence-corrected chi connectivity index (χ0v) is 10.6. The Labute approximate surface area is 106 Å². The molecule has 1 N–H and O–H groups in total. The molecule has 0 radical (unpaired) electrons. The van der Waals surface area contributed by atoms with Gasteiger partial charge in [-0.2, -0.15) is 0 Å². The summed E-state index contributed by atoms with van der Waals surface area (Å²) in [5.74, 6) is -1.01. The minimum Gasteiger partial charge on any atom is -0.480 e. The third-order valence-electron chi connectivity index (χ3n) is 4.79. The molecule has 3 fully saturated rings. The summed E-state index contributed by atoms with van der Waals surface area (Å²) in [5.41, 5.74) is -1.01. The van der Waals surface area contributed by atoms with Crippen LogP contribution in [0.3, 0.4) is 0 Å². The predicted molar refractivity (Wildman–Crippen MR) is 63.0 cm³/mol. The van der Waals surface area contributed by atoms with Crippen LogP contribution in [0.5, 0.6) is 0 Å². The molecule has 18 heavy (non-hydrogen) atoms. The number of amides is 1. The van der Waals surface area contributed by atoms with Crippen LogP contribution in [0.15, 0.2) is 0 Å². The second-order valence-electron chi connectivity index (χ2n) is 5.89. The number of likely N-dealkylation sites (tertiary alicyclic amines) is 1. The van der Waals surface area contributed by atoms with Crippen molar-refractivity contribution in [3.8, 4) is 0 Å². The Bertz CT molecular complexity index is 396. The van der Waals surface area contributed by atoms with Crippen molar-refractivity contribution >= 4 is 11.9 Å². The number of rotatable bonds is 2. The first-order chi connectivity index (χ1) is 8.52. The highest BCUT2D eigenvalue weighted by Crippen LogP contribution is 2.41. The van der Waals surface area contributed by atoms with Gasteiger partial charge in [-0.25, -0.2) is 4.79 Å². The molecule has 3 rings (SSSR count). The predicted octanol–water partition coefficient (Wildman–Crippen LogP) is 1.02. The topological polar surface area (TPSA) is 66.8 Å². The molecule has 2 bridgehead atoms. The molecule has 1 amide bonds. The maximum absolute atomic E-state index is 12.5. The summed E-state index contributed by atoms with van der Waals surface area (Å²) in [6, 6.07) is 0. The molecule has 0 aromatic carbocycles. The van der Waals surface area contributed by atoms with Crippen molar-refractivity contribution in [2.24, 2.45) is 5.92 Å². The largest absolute Gasteiger partial charge is 0.480 e. The molecular weight excluding hydrogens is 234 g/mol. The standard InChI is InChI=1S/C13H19NO4/c1-13(12(16)17)5-2-6-14(13)11(15)9-7-8-3-4-10(9)18-8/h8-10H,2-7H2,1H3,(H,16,17). The Morgan fingerprint density at radius 1 is 1.39 bits per heavy atom. The normalized spacial score (nSPS) is 42.5. The van der Waals surface area contributed by atoms with E-state index in [2.05, 4.69) is 0 Å². The quantitative estimate of drug-likeness (QED) is 0.798. The second kappa shape index (κ2) is 3.95. The van der Waals surface area contributed by atoms with E-state index >= 15 is 0 Å². The lowest BCUT2D eigenvalue weighted by molar-refractivity contribution is -0.157. The molecule has 3 aliphatic heterocycles. The van der Waals surface area contributed by atoms with Gasteiger partial charge in [0.05, 0.1) is 18.1 Å². The minimum absolute atomic E-state index is 0.00963. The summed E-state index contributed by atoms with van der Waals surface area (Å²) in [7, 11) is 0. The van der Waals surface area contributed by atoms with Gasteiger partial charge in [0.1, 0.15) is 5.54 Å². The van der Waals surface area contributed by atoms with Gasteiger partial charge in [0.2, 0.25) is 5.91 Å². The Morgan fingerprint density at radius 3 is 2.72 bits per heavy atom. The van der Waals surface area contributed by atoms with Crippen LogP contribution in [0.4, 0.5) is 0 Å². The van der Waals surface area contributed by atoms with Crippen LogP contribution in [0.2, 0.25) is 0 Å².